The number of halogens is 1. The molecule has 2 rings (SSSR count). The van der Waals surface area contributed by atoms with E-state index in [1.807, 2.05) is 25.1 Å². The Morgan fingerprint density at radius 2 is 2.17 bits per heavy atom. The van der Waals surface area contributed by atoms with Gasteiger partial charge in [0.15, 0.2) is 0 Å². The zero-order chi connectivity index (χ0) is 13.1. The first-order valence-electron chi connectivity index (χ1n) is 5.50. The summed E-state index contributed by atoms with van der Waals surface area (Å²) < 4.78 is 10.6. The lowest BCUT2D eigenvalue weighted by molar-refractivity contribution is 0.404. The van der Waals surface area contributed by atoms with Gasteiger partial charge in [-0.05, 0) is 31.2 Å². The van der Waals surface area contributed by atoms with Crippen molar-refractivity contribution in [3.05, 3.63) is 52.4 Å². The molecule has 3 N–H and O–H groups in total. The van der Waals surface area contributed by atoms with Crippen molar-refractivity contribution in [1.82, 2.24) is 5.43 Å². The summed E-state index contributed by atoms with van der Waals surface area (Å²) in [5.74, 6) is 7.18. The Labute approximate surface area is 111 Å². The van der Waals surface area contributed by atoms with E-state index in [1.54, 1.807) is 19.4 Å². The van der Waals surface area contributed by atoms with Gasteiger partial charge in [-0.1, -0.05) is 11.6 Å². The number of hydrazine groups is 1. The minimum Gasteiger partial charge on any atom is -0.496 e. The van der Waals surface area contributed by atoms with Gasteiger partial charge in [-0.3, -0.25) is 5.84 Å². The molecule has 0 aliphatic carbocycles. The summed E-state index contributed by atoms with van der Waals surface area (Å²) >= 11 is 6.02. The number of methoxy groups -OCH3 is 1. The molecule has 1 aromatic carbocycles. The molecular formula is C13H15ClN2O2. The highest BCUT2D eigenvalue weighted by Gasteiger charge is 2.19. The van der Waals surface area contributed by atoms with Gasteiger partial charge in [0.2, 0.25) is 0 Å². The smallest absolute Gasteiger partial charge is 0.124 e. The van der Waals surface area contributed by atoms with Gasteiger partial charge in [0.05, 0.1) is 19.4 Å². The molecule has 0 fully saturated rings. The summed E-state index contributed by atoms with van der Waals surface area (Å²) in [5.41, 5.74) is 4.55. The van der Waals surface area contributed by atoms with E-state index < -0.39 is 0 Å². The van der Waals surface area contributed by atoms with E-state index in [-0.39, 0.29) is 6.04 Å². The molecule has 0 spiro atoms. The molecule has 0 bridgehead atoms. The Hall–Kier alpha value is -1.49. The second-order valence-corrected chi connectivity index (χ2v) is 4.41. The molecule has 0 aliphatic rings. The molecule has 96 valence electrons. The predicted octanol–water partition coefficient (Wildman–Crippen LogP) is 2.80. The average molecular weight is 267 g/mol. The van der Waals surface area contributed by atoms with Crippen molar-refractivity contribution in [2.24, 2.45) is 5.84 Å². The fourth-order valence-corrected chi connectivity index (χ4v) is 2.09. The number of furan rings is 1. The number of nitrogens with one attached hydrogen (secondary N) is 1. The molecule has 1 unspecified atom stereocenters. The van der Waals surface area contributed by atoms with Gasteiger partial charge in [0.25, 0.3) is 0 Å². The number of benzene rings is 1. The SMILES string of the molecule is COc1ccc(Cl)cc1C(NN)c1coc(C)c1. The highest BCUT2D eigenvalue weighted by Crippen LogP contribution is 2.32. The van der Waals surface area contributed by atoms with Gasteiger partial charge < -0.3 is 9.15 Å². The minimum absolute atomic E-state index is 0.226. The highest BCUT2D eigenvalue weighted by molar-refractivity contribution is 6.30. The third-order valence-corrected chi connectivity index (χ3v) is 2.99. The number of rotatable bonds is 4. The molecule has 1 aromatic heterocycles. The number of hydrogen-bond acceptors (Lipinski definition) is 4. The van der Waals surface area contributed by atoms with Crippen molar-refractivity contribution in [1.29, 1.82) is 0 Å². The molecule has 18 heavy (non-hydrogen) atoms. The quantitative estimate of drug-likeness (QED) is 0.660. The number of nitrogens with two attached hydrogens (primary N) is 1. The maximum Gasteiger partial charge on any atom is 0.124 e. The van der Waals surface area contributed by atoms with E-state index in [9.17, 15) is 0 Å². The summed E-state index contributed by atoms with van der Waals surface area (Å²) in [4.78, 5) is 0. The van der Waals surface area contributed by atoms with E-state index in [0.29, 0.717) is 5.02 Å². The first-order chi connectivity index (χ1) is 8.65. The van der Waals surface area contributed by atoms with Crippen LogP contribution in [0.3, 0.4) is 0 Å². The zero-order valence-corrected chi connectivity index (χ0v) is 11.0. The molecule has 1 atom stereocenters. The van der Waals surface area contributed by atoms with Crippen molar-refractivity contribution < 1.29 is 9.15 Å². The fraction of sp³-hybridized carbons (Fsp3) is 0.231. The van der Waals surface area contributed by atoms with Crippen LogP contribution in [0, 0.1) is 6.92 Å². The molecule has 0 saturated carbocycles. The zero-order valence-electron chi connectivity index (χ0n) is 10.2. The Morgan fingerprint density at radius 1 is 1.39 bits per heavy atom. The third kappa shape index (κ3) is 2.51. The Morgan fingerprint density at radius 3 is 2.72 bits per heavy atom. The van der Waals surface area contributed by atoms with Crippen LogP contribution in [0.1, 0.15) is 22.9 Å². The second-order valence-electron chi connectivity index (χ2n) is 3.98. The van der Waals surface area contributed by atoms with Gasteiger partial charge in [-0.25, -0.2) is 5.43 Å². The number of aryl methyl sites for hydroxylation is 1. The molecule has 0 radical (unpaired) electrons. The van der Waals surface area contributed by atoms with Gasteiger partial charge in [-0.15, -0.1) is 0 Å². The van der Waals surface area contributed by atoms with Crippen LogP contribution in [0.25, 0.3) is 0 Å². The molecule has 2 aromatic rings. The van der Waals surface area contributed by atoms with Crippen LogP contribution in [-0.2, 0) is 0 Å². The summed E-state index contributed by atoms with van der Waals surface area (Å²) in [7, 11) is 1.61. The summed E-state index contributed by atoms with van der Waals surface area (Å²) in [5, 5.41) is 0.631. The first kappa shape index (κ1) is 13.0. The van der Waals surface area contributed by atoms with Crippen molar-refractivity contribution >= 4 is 11.6 Å². The lowest BCUT2D eigenvalue weighted by Gasteiger charge is -2.18. The van der Waals surface area contributed by atoms with Crippen LogP contribution in [0.15, 0.2) is 34.9 Å². The van der Waals surface area contributed by atoms with Gasteiger partial charge in [0.1, 0.15) is 11.5 Å². The second kappa shape index (κ2) is 5.44. The normalized spacial score (nSPS) is 12.4. The fourth-order valence-electron chi connectivity index (χ4n) is 1.91. The average Bonchev–Trinajstić information content (AvgIpc) is 2.77. The largest absolute Gasteiger partial charge is 0.496 e. The first-order valence-corrected chi connectivity index (χ1v) is 5.88. The molecule has 4 nitrogen and oxygen atoms in total. The van der Waals surface area contributed by atoms with Crippen LogP contribution in [0.4, 0.5) is 0 Å². The van der Waals surface area contributed by atoms with E-state index in [4.69, 9.17) is 26.6 Å². The monoisotopic (exact) mass is 266 g/mol. The predicted molar refractivity (Wildman–Crippen MR) is 70.6 cm³/mol. The number of hydrogen-bond donors (Lipinski definition) is 2. The minimum atomic E-state index is -0.226. The van der Waals surface area contributed by atoms with Crippen LogP contribution >= 0.6 is 11.6 Å². The van der Waals surface area contributed by atoms with E-state index in [0.717, 1.165) is 22.6 Å². The summed E-state index contributed by atoms with van der Waals surface area (Å²) in [6.45, 7) is 1.88. The highest BCUT2D eigenvalue weighted by atomic mass is 35.5. The van der Waals surface area contributed by atoms with Gasteiger partial charge >= 0.3 is 0 Å². The van der Waals surface area contributed by atoms with E-state index in [1.165, 1.54) is 0 Å². The molecule has 1 heterocycles. The number of ether oxygens (including phenoxy) is 1. The van der Waals surface area contributed by atoms with E-state index >= 15 is 0 Å². The van der Waals surface area contributed by atoms with Gasteiger partial charge in [0, 0.05) is 16.1 Å². The van der Waals surface area contributed by atoms with Crippen LogP contribution < -0.4 is 16.0 Å². The van der Waals surface area contributed by atoms with Gasteiger partial charge in [-0.2, -0.15) is 0 Å². The third-order valence-electron chi connectivity index (χ3n) is 2.75. The Kier molecular flexibility index (Phi) is 3.91. The van der Waals surface area contributed by atoms with Crippen molar-refractivity contribution in [2.45, 2.75) is 13.0 Å². The van der Waals surface area contributed by atoms with Crippen molar-refractivity contribution in [2.75, 3.05) is 7.11 Å². The Balaban J connectivity index is 2.47. The molecular weight excluding hydrogens is 252 g/mol. The molecule has 0 saturated heterocycles. The Bertz CT molecular complexity index is 540. The lowest BCUT2D eigenvalue weighted by Crippen LogP contribution is -2.28. The maximum absolute atomic E-state index is 6.02. The molecule has 5 heteroatoms. The van der Waals surface area contributed by atoms with Crippen LogP contribution in [0.5, 0.6) is 5.75 Å². The standard InChI is InChI=1S/C13H15ClN2O2/c1-8-5-9(7-18-8)13(16-15)11-6-10(14)3-4-12(11)17-2/h3-7,13,16H,15H2,1-2H3. The summed E-state index contributed by atoms with van der Waals surface area (Å²) in [6.07, 6.45) is 1.67. The summed E-state index contributed by atoms with van der Waals surface area (Å²) in [6, 6.07) is 7.11. The van der Waals surface area contributed by atoms with Crippen molar-refractivity contribution in [3.8, 4) is 5.75 Å². The van der Waals surface area contributed by atoms with Crippen LogP contribution in [0.2, 0.25) is 5.02 Å². The van der Waals surface area contributed by atoms with Crippen LogP contribution in [-0.4, -0.2) is 7.11 Å². The van der Waals surface area contributed by atoms with Crippen molar-refractivity contribution in [3.63, 3.8) is 0 Å². The molecule has 0 amide bonds. The molecule has 0 aliphatic heterocycles. The topological polar surface area (TPSA) is 60.4 Å². The van der Waals surface area contributed by atoms with E-state index in [2.05, 4.69) is 5.43 Å². The maximum atomic E-state index is 6.02. The lowest BCUT2D eigenvalue weighted by atomic mass is 10.0.